The van der Waals surface area contributed by atoms with Crippen LogP contribution in [0.3, 0.4) is 0 Å². The van der Waals surface area contributed by atoms with Crippen LogP contribution in [0, 0.1) is 5.41 Å². The van der Waals surface area contributed by atoms with Gasteiger partial charge in [-0.25, -0.2) is 10.0 Å². The molecule has 0 bridgehead atoms. The van der Waals surface area contributed by atoms with Gasteiger partial charge in [0.15, 0.2) is 0 Å². The van der Waals surface area contributed by atoms with Crippen LogP contribution in [-0.2, 0) is 4.74 Å². The van der Waals surface area contributed by atoms with E-state index < -0.39 is 0 Å². The van der Waals surface area contributed by atoms with Gasteiger partial charge in [0, 0.05) is 5.08 Å². The van der Waals surface area contributed by atoms with E-state index in [9.17, 15) is 0 Å². The molecule has 0 heterocycles. The lowest BCUT2D eigenvalue weighted by Crippen LogP contribution is -2.15. The Kier molecular flexibility index (Phi) is 9.08. The minimum absolute atomic E-state index is 0.270. The minimum Gasteiger partial charge on any atom is -0.499 e. The van der Waals surface area contributed by atoms with Gasteiger partial charge in [-0.3, -0.25) is 0 Å². The number of hydrogen-bond acceptors (Lipinski definition) is 2. The van der Waals surface area contributed by atoms with E-state index in [-0.39, 0.29) is 15.4 Å². The van der Waals surface area contributed by atoms with Crippen LogP contribution < -0.4 is 0 Å². The molecule has 0 amide bonds. The van der Waals surface area contributed by atoms with Gasteiger partial charge in [-0.1, -0.05) is 32.6 Å². The Morgan fingerprint density at radius 1 is 1.20 bits per heavy atom. The number of rotatable bonds is 11. The molecule has 0 saturated carbocycles. The molecule has 0 aromatic rings. The molecule has 0 fully saturated rings. The topological polar surface area (TPSA) is 9.23 Å². The van der Waals surface area contributed by atoms with E-state index in [0.717, 1.165) is 31.6 Å². The summed E-state index contributed by atoms with van der Waals surface area (Å²) < 4.78 is 5.47. The molecular formula is C17H34OS2. The summed E-state index contributed by atoms with van der Waals surface area (Å²) in [5.74, 6) is 2.02. The molecule has 0 aliphatic carbocycles. The molecule has 0 spiro atoms. The van der Waals surface area contributed by atoms with Crippen LogP contribution in [0.1, 0.15) is 40.0 Å². The zero-order valence-electron chi connectivity index (χ0n) is 14.4. The molecular weight excluding hydrogens is 284 g/mol. The summed E-state index contributed by atoms with van der Waals surface area (Å²) in [7, 11) is -0.369. The summed E-state index contributed by atoms with van der Waals surface area (Å²) >= 11 is 2.08. The van der Waals surface area contributed by atoms with E-state index in [1.165, 1.54) is 16.4 Å². The van der Waals surface area contributed by atoms with Crippen molar-refractivity contribution in [1.29, 1.82) is 0 Å². The Morgan fingerprint density at radius 2 is 1.80 bits per heavy atom. The van der Waals surface area contributed by atoms with Crippen molar-refractivity contribution >= 4 is 21.8 Å². The maximum atomic E-state index is 5.47. The molecule has 0 rings (SSSR count). The Hall–Kier alpha value is -0.0200. The van der Waals surface area contributed by atoms with Crippen molar-refractivity contribution in [2.24, 2.45) is 5.41 Å². The summed E-state index contributed by atoms with van der Waals surface area (Å²) in [5.41, 5.74) is 1.65. The molecule has 20 heavy (non-hydrogen) atoms. The van der Waals surface area contributed by atoms with Gasteiger partial charge in [-0.05, 0) is 56.1 Å². The van der Waals surface area contributed by atoms with Crippen molar-refractivity contribution in [2.75, 3.05) is 36.2 Å². The first-order chi connectivity index (χ1) is 9.02. The maximum absolute atomic E-state index is 5.47. The summed E-state index contributed by atoms with van der Waals surface area (Å²) in [4.78, 5) is 0. The van der Waals surface area contributed by atoms with Crippen LogP contribution in [0.5, 0.6) is 0 Å². The van der Waals surface area contributed by atoms with E-state index in [1.54, 1.807) is 0 Å². The standard InChI is InChI=1S/C17H34OS2/c1-15(2)18-11-10-17(4,5)13-16(3)9-12-19-14-20(6,7)8/h1,3,9-14H2,2,4-8H3. The molecule has 3 heteroatoms. The van der Waals surface area contributed by atoms with Gasteiger partial charge in [0.1, 0.15) is 0 Å². The van der Waals surface area contributed by atoms with Crippen molar-refractivity contribution < 1.29 is 4.74 Å². The van der Waals surface area contributed by atoms with E-state index in [0.29, 0.717) is 0 Å². The summed E-state index contributed by atoms with van der Waals surface area (Å²) in [6.07, 6.45) is 10.4. The van der Waals surface area contributed by atoms with Gasteiger partial charge in [0.25, 0.3) is 0 Å². The van der Waals surface area contributed by atoms with Crippen LogP contribution in [0.15, 0.2) is 24.5 Å². The zero-order valence-corrected chi connectivity index (χ0v) is 16.0. The molecule has 0 aliphatic heterocycles. The highest BCUT2D eigenvalue weighted by Gasteiger charge is 2.19. The average Bonchev–Trinajstić information content (AvgIpc) is 2.21. The third-order valence-electron chi connectivity index (χ3n) is 2.89. The average molecular weight is 319 g/mol. The predicted octanol–water partition coefficient (Wildman–Crippen LogP) is 5.67. The highest BCUT2D eigenvalue weighted by molar-refractivity contribution is 8.38. The molecule has 1 nitrogen and oxygen atoms in total. The third kappa shape index (κ3) is 13.0. The monoisotopic (exact) mass is 318 g/mol. The predicted molar refractivity (Wildman–Crippen MR) is 100 cm³/mol. The van der Waals surface area contributed by atoms with Crippen LogP contribution in [0.25, 0.3) is 0 Å². The van der Waals surface area contributed by atoms with Crippen molar-refractivity contribution in [2.45, 2.75) is 40.0 Å². The zero-order chi connectivity index (χ0) is 15.8. The lowest BCUT2D eigenvalue weighted by molar-refractivity contribution is 0.164. The van der Waals surface area contributed by atoms with Crippen molar-refractivity contribution in [1.82, 2.24) is 0 Å². The second-order valence-electron chi connectivity index (χ2n) is 7.26. The van der Waals surface area contributed by atoms with Gasteiger partial charge < -0.3 is 4.74 Å². The van der Waals surface area contributed by atoms with Gasteiger partial charge in [-0.2, -0.15) is 11.8 Å². The van der Waals surface area contributed by atoms with E-state index >= 15 is 0 Å². The normalized spacial score (nSPS) is 13.1. The molecule has 0 aromatic carbocycles. The summed E-state index contributed by atoms with van der Waals surface area (Å²) in [5, 5.41) is 1.30. The van der Waals surface area contributed by atoms with Crippen LogP contribution >= 0.6 is 21.8 Å². The molecule has 0 N–H and O–H groups in total. The Bertz CT molecular complexity index is 313. The SMILES string of the molecule is C=C(CCSCS(C)(C)C)CC(C)(C)CCOC(=C)C. The summed E-state index contributed by atoms with van der Waals surface area (Å²) in [6, 6.07) is 0. The summed E-state index contributed by atoms with van der Waals surface area (Å²) in [6.45, 7) is 15.3. The lowest BCUT2D eigenvalue weighted by Gasteiger charge is -2.26. The quantitative estimate of drug-likeness (QED) is 0.275. The molecule has 0 saturated heterocycles. The Balaban J connectivity index is 3.85. The number of ether oxygens (including phenoxy) is 1. The molecule has 0 unspecified atom stereocenters. The highest BCUT2D eigenvalue weighted by atomic mass is 32.3. The maximum Gasteiger partial charge on any atom is 0.0882 e. The first-order valence-corrected chi connectivity index (χ1v) is 11.4. The second kappa shape index (κ2) is 9.09. The van der Waals surface area contributed by atoms with Gasteiger partial charge >= 0.3 is 0 Å². The largest absolute Gasteiger partial charge is 0.499 e. The lowest BCUT2D eigenvalue weighted by atomic mass is 9.82. The smallest absolute Gasteiger partial charge is 0.0882 e. The van der Waals surface area contributed by atoms with Crippen LogP contribution in [0.4, 0.5) is 0 Å². The van der Waals surface area contributed by atoms with Gasteiger partial charge in [0.05, 0.1) is 12.4 Å². The molecule has 0 atom stereocenters. The first kappa shape index (κ1) is 20.0. The molecule has 0 aliphatic rings. The van der Waals surface area contributed by atoms with Crippen LogP contribution in [-0.4, -0.2) is 36.2 Å². The number of hydrogen-bond donors (Lipinski definition) is 0. The van der Waals surface area contributed by atoms with Gasteiger partial charge in [-0.15, -0.1) is 0 Å². The minimum atomic E-state index is -0.369. The Morgan fingerprint density at radius 3 is 2.30 bits per heavy atom. The highest BCUT2D eigenvalue weighted by Crippen LogP contribution is 2.39. The molecule has 0 radical (unpaired) electrons. The number of allylic oxidation sites excluding steroid dienone is 2. The van der Waals surface area contributed by atoms with Gasteiger partial charge in [0.2, 0.25) is 0 Å². The first-order valence-electron chi connectivity index (χ1n) is 7.20. The fraction of sp³-hybridized carbons (Fsp3) is 0.765. The third-order valence-corrected chi connectivity index (χ3v) is 6.88. The second-order valence-corrected chi connectivity index (χ2v) is 13.2. The van der Waals surface area contributed by atoms with Crippen molar-refractivity contribution in [3.8, 4) is 0 Å². The Labute approximate surface area is 132 Å². The van der Waals surface area contributed by atoms with Crippen molar-refractivity contribution in [3.05, 3.63) is 24.5 Å². The number of thioether (sulfide) groups is 1. The van der Waals surface area contributed by atoms with E-state index in [1.807, 2.05) is 6.92 Å². The molecule has 120 valence electrons. The van der Waals surface area contributed by atoms with Crippen molar-refractivity contribution in [3.63, 3.8) is 0 Å². The fourth-order valence-electron chi connectivity index (χ4n) is 1.88. The van der Waals surface area contributed by atoms with E-state index in [4.69, 9.17) is 4.74 Å². The molecule has 0 aromatic heterocycles. The fourth-order valence-corrected chi connectivity index (χ4v) is 4.78. The van der Waals surface area contributed by atoms with Crippen LogP contribution in [0.2, 0.25) is 0 Å². The van der Waals surface area contributed by atoms with E-state index in [2.05, 4.69) is 57.5 Å².